The summed E-state index contributed by atoms with van der Waals surface area (Å²) in [7, 11) is 1.97. The van der Waals surface area contributed by atoms with Crippen molar-refractivity contribution in [2.75, 3.05) is 7.05 Å². The molecule has 90 valence electrons. The van der Waals surface area contributed by atoms with Crippen LogP contribution in [0, 0.1) is 0 Å². The standard InChI is InChI=1S/C13H13BrClNS/c1-16-13(6-9-4-5-17-8-9)11-3-2-10(14)7-12(11)15/h2-5,7-8,13,16H,6H2,1H3. The van der Waals surface area contributed by atoms with Crippen molar-refractivity contribution in [3.05, 3.63) is 55.6 Å². The maximum atomic E-state index is 6.28. The molecule has 17 heavy (non-hydrogen) atoms. The van der Waals surface area contributed by atoms with Gasteiger partial charge in [0.2, 0.25) is 0 Å². The molecular weight excluding hydrogens is 318 g/mol. The lowest BCUT2D eigenvalue weighted by Crippen LogP contribution is -2.19. The number of rotatable bonds is 4. The first-order valence-corrected chi connectivity index (χ1v) is 7.45. The van der Waals surface area contributed by atoms with Gasteiger partial charge in [-0.15, -0.1) is 0 Å². The Morgan fingerprint density at radius 2 is 2.24 bits per heavy atom. The third-order valence-corrected chi connectivity index (χ3v) is 4.26. The third kappa shape index (κ3) is 3.32. The lowest BCUT2D eigenvalue weighted by Gasteiger charge is -2.17. The first-order chi connectivity index (χ1) is 8.20. The Bertz CT molecular complexity index is 484. The van der Waals surface area contributed by atoms with E-state index in [0.717, 1.165) is 21.5 Å². The molecule has 0 amide bonds. The normalized spacial score (nSPS) is 12.6. The molecular formula is C13H13BrClNS. The molecule has 0 fully saturated rings. The predicted molar refractivity (Wildman–Crippen MR) is 79.0 cm³/mol. The number of hydrogen-bond donors (Lipinski definition) is 1. The minimum Gasteiger partial charge on any atom is -0.313 e. The summed E-state index contributed by atoms with van der Waals surface area (Å²) in [5.41, 5.74) is 2.48. The van der Waals surface area contributed by atoms with E-state index in [4.69, 9.17) is 11.6 Å². The van der Waals surface area contributed by atoms with Crippen molar-refractivity contribution in [2.45, 2.75) is 12.5 Å². The summed E-state index contributed by atoms with van der Waals surface area (Å²) in [5.74, 6) is 0. The van der Waals surface area contributed by atoms with E-state index in [0.29, 0.717) is 0 Å². The van der Waals surface area contributed by atoms with Gasteiger partial charge in [0.15, 0.2) is 0 Å². The molecule has 0 aliphatic heterocycles. The molecule has 1 nitrogen and oxygen atoms in total. The van der Waals surface area contributed by atoms with Gasteiger partial charge in [-0.2, -0.15) is 11.3 Å². The zero-order valence-corrected chi connectivity index (χ0v) is 12.6. The van der Waals surface area contributed by atoms with Crippen molar-refractivity contribution in [1.29, 1.82) is 0 Å². The second-order valence-corrected chi connectivity index (χ2v) is 5.95. The molecule has 1 aromatic heterocycles. The number of nitrogens with one attached hydrogen (secondary N) is 1. The average Bonchev–Trinajstić information content (AvgIpc) is 2.79. The highest BCUT2D eigenvalue weighted by atomic mass is 79.9. The van der Waals surface area contributed by atoms with Crippen molar-refractivity contribution in [2.24, 2.45) is 0 Å². The van der Waals surface area contributed by atoms with E-state index >= 15 is 0 Å². The smallest absolute Gasteiger partial charge is 0.0465 e. The molecule has 2 rings (SSSR count). The first-order valence-electron chi connectivity index (χ1n) is 5.34. The largest absolute Gasteiger partial charge is 0.313 e. The van der Waals surface area contributed by atoms with Gasteiger partial charge in [0.1, 0.15) is 0 Å². The second-order valence-electron chi connectivity index (χ2n) is 3.84. The molecule has 0 spiro atoms. The maximum absolute atomic E-state index is 6.28. The summed E-state index contributed by atoms with van der Waals surface area (Å²) < 4.78 is 1.01. The minimum atomic E-state index is 0.255. The molecule has 1 N–H and O–H groups in total. The van der Waals surface area contributed by atoms with E-state index in [1.807, 2.05) is 19.2 Å². The Labute approximate surface area is 119 Å². The summed E-state index contributed by atoms with van der Waals surface area (Å²) in [6.07, 6.45) is 0.960. The molecule has 1 unspecified atom stereocenters. The predicted octanol–water partition coefficient (Wildman–Crippen LogP) is 4.67. The molecule has 0 saturated heterocycles. The van der Waals surface area contributed by atoms with Gasteiger partial charge in [-0.1, -0.05) is 33.6 Å². The maximum Gasteiger partial charge on any atom is 0.0465 e. The van der Waals surface area contributed by atoms with Crippen molar-refractivity contribution in [3.8, 4) is 0 Å². The van der Waals surface area contributed by atoms with Crippen LogP contribution in [-0.2, 0) is 6.42 Å². The van der Waals surface area contributed by atoms with Crippen LogP contribution in [0.3, 0.4) is 0 Å². The molecule has 0 aliphatic carbocycles. The lowest BCUT2D eigenvalue weighted by atomic mass is 10.0. The molecule has 4 heteroatoms. The van der Waals surface area contributed by atoms with Gasteiger partial charge in [-0.3, -0.25) is 0 Å². The van der Waals surface area contributed by atoms with Crippen LogP contribution in [0.25, 0.3) is 0 Å². The second kappa shape index (κ2) is 6.01. The van der Waals surface area contributed by atoms with Gasteiger partial charge < -0.3 is 5.32 Å². The molecule has 2 aromatic rings. The average molecular weight is 331 g/mol. The SMILES string of the molecule is CNC(Cc1ccsc1)c1ccc(Br)cc1Cl. The first kappa shape index (κ1) is 13.1. The molecule has 1 heterocycles. The molecule has 0 aliphatic rings. The highest BCUT2D eigenvalue weighted by Crippen LogP contribution is 2.28. The van der Waals surface area contributed by atoms with Crippen LogP contribution in [0.1, 0.15) is 17.2 Å². The molecule has 0 saturated carbocycles. The third-order valence-electron chi connectivity index (χ3n) is 2.71. The Balaban J connectivity index is 2.23. The van der Waals surface area contributed by atoms with Gasteiger partial charge in [-0.05, 0) is 53.6 Å². The number of halogens is 2. The number of benzene rings is 1. The van der Waals surface area contributed by atoms with Gasteiger partial charge in [-0.25, -0.2) is 0 Å². The van der Waals surface area contributed by atoms with Crippen LogP contribution < -0.4 is 5.32 Å². The van der Waals surface area contributed by atoms with E-state index < -0.39 is 0 Å². The van der Waals surface area contributed by atoms with E-state index in [1.165, 1.54) is 5.56 Å². The van der Waals surface area contributed by atoms with Crippen LogP contribution in [0.5, 0.6) is 0 Å². The molecule has 1 aromatic carbocycles. The summed E-state index contributed by atoms with van der Waals surface area (Å²) in [6.45, 7) is 0. The van der Waals surface area contributed by atoms with E-state index in [-0.39, 0.29) is 6.04 Å². The van der Waals surface area contributed by atoms with Crippen molar-refractivity contribution in [3.63, 3.8) is 0 Å². The zero-order valence-electron chi connectivity index (χ0n) is 9.41. The highest BCUT2D eigenvalue weighted by molar-refractivity contribution is 9.10. The lowest BCUT2D eigenvalue weighted by molar-refractivity contribution is 0.593. The fourth-order valence-electron chi connectivity index (χ4n) is 1.80. The summed E-state index contributed by atoms with van der Waals surface area (Å²) in [5, 5.41) is 8.40. The Morgan fingerprint density at radius 3 is 2.82 bits per heavy atom. The zero-order chi connectivity index (χ0) is 12.3. The summed E-state index contributed by atoms with van der Waals surface area (Å²) in [6, 6.07) is 8.45. The number of thiophene rings is 1. The summed E-state index contributed by atoms with van der Waals surface area (Å²) >= 11 is 11.4. The molecule has 0 radical (unpaired) electrons. The Morgan fingerprint density at radius 1 is 1.41 bits per heavy atom. The van der Waals surface area contributed by atoms with Gasteiger partial charge in [0, 0.05) is 15.5 Å². The monoisotopic (exact) mass is 329 g/mol. The summed E-state index contributed by atoms with van der Waals surface area (Å²) in [4.78, 5) is 0. The van der Waals surface area contributed by atoms with Crippen LogP contribution >= 0.6 is 38.9 Å². The van der Waals surface area contributed by atoms with E-state index in [9.17, 15) is 0 Å². The van der Waals surface area contributed by atoms with Crippen LogP contribution in [0.4, 0.5) is 0 Å². The van der Waals surface area contributed by atoms with Crippen LogP contribution in [0.2, 0.25) is 5.02 Å². The van der Waals surface area contributed by atoms with Crippen molar-refractivity contribution >= 4 is 38.9 Å². The molecule has 0 bridgehead atoms. The van der Waals surface area contributed by atoms with Gasteiger partial charge >= 0.3 is 0 Å². The highest BCUT2D eigenvalue weighted by Gasteiger charge is 2.13. The van der Waals surface area contributed by atoms with E-state index in [1.54, 1.807) is 11.3 Å². The minimum absolute atomic E-state index is 0.255. The van der Waals surface area contributed by atoms with Crippen molar-refractivity contribution < 1.29 is 0 Å². The van der Waals surface area contributed by atoms with E-state index in [2.05, 4.69) is 44.1 Å². The number of hydrogen-bond acceptors (Lipinski definition) is 2. The van der Waals surface area contributed by atoms with Gasteiger partial charge in [0.25, 0.3) is 0 Å². The number of likely N-dealkylation sites (N-methyl/N-ethyl adjacent to an activating group) is 1. The Hall–Kier alpha value is -0.350. The topological polar surface area (TPSA) is 12.0 Å². The van der Waals surface area contributed by atoms with Gasteiger partial charge in [0.05, 0.1) is 0 Å². The van der Waals surface area contributed by atoms with Crippen LogP contribution in [-0.4, -0.2) is 7.05 Å². The fraction of sp³-hybridized carbons (Fsp3) is 0.231. The molecule has 1 atom stereocenters. The van der Waals surface area contributed by atoms with Crippen LogP contribution in [0.15, 0.2) is 39.5 Å². The van der Waals surface area contributed by atoms with Crippen molar-refractivity contribution in [1.82, 2.24) is 5.32 Å². The Kier molecular flexibility index (Phi) is 4.62. The quantitative estimate of drug-likeness (QED) is 0.859. The fourth-order valence-corrected chi connectivity index (χ4v) is 3.28.